The van der Waals surface area contributed by atoms with Crippen LogP contribution in [0, 0.1) is 6.92 Å². The van der Waals surface area contributed by atoms with E-state index in [0.29, 0.717) is 6.54 Å². The molecule has 0 unspecified atom stereocenters. The highest BCUT2D eigenvalue weighted by Crippen LogP contribution is 2.30. The molecule has 1 aromatic carbocycles. The molecule has 1 aliphatic rings. The molecule has 0 aromatic heterocycles. The largest absolute Gasteiger partial charge is 0.493 e. The molecule has 0 atom stereocenters. The summed E-state index contributed by atoms with van der Waals surface area (Å²) in [4.78, 5) is 18.7. The molecule has 1 amide bonds. The summed E-state index contributed by atoms with van der Waals surface area (Å²) in [6.07, 6.45) is 0. The van der Waals surface area contributed by atoms with Crippen LogP contribution < -0.4 is 9.47 Å². The minimum Gasteiger partial charge on any atom is -0.493 e. The molecular formula is C20H33N3O3. The Morgan fingerprint density at radius 2 is 1.62 bits per heavy atom. The van der Waals surface area contributed by atoms with Crippen molar-refractivity contribution in [2.24, 2.45) is 0 Å². The van der Waals surface area contributed by atoms with Gasteiger partial charge in [-0.2, -0.15) is 0 Å². The molecule has 6 nitrogen and oxygen atoms in total. The summed E-state index contributed by atoms with van der Waals surface area (Å²) in [6, 6.07) is 4.35. The Bertz CT molecular complexity index is 611. The van der Waals surface area contributed by atoms with Crippen LogP contribution in [0.4, 0.5) is 0 Å². The van der Waals surface area contributed by atoms with E-state index >= 15 is 0 Å². The lowest BCUT2D eigenvalue weighted by molar-refractivity contribution is -0.133. The number of methoxy groups -OCH3 is 2. The number of carbonyl (C=O) groups is 1. The fourth-order valence-corrected chi connectivity index (χ4v) is 3.13. The standard InChI is InChI=1S/C20H33N3O3/c1-15(2)21(4)20(24)14-23-9-7-22(8-10-23)13-17-12-19(26-6)18(25-5)11-16(17)3/h11-12,15H,7-10,13-14H2,1-6H3. The van der Waals surface area contributed by atoms with Crippen molar-refractivity contribution in [3.63, 3.8) is 0 Å². The quantitative estimate of drug-likeness (QED) is 0.741. The number of likely N-dealkylation sites (N-methyl/N-ethyl adjacent to an activating group) is 1. The third-order valence-electron chi connectivity index (χ3n) is 5.23. The second-order valence-corrected chi connectivity index (χ2v) is 7.28. The van der Waals surface area contributed by atoms with E-state index in [4.69, 9.17) is 9.47 Å². The lowest BCUT2D eigenvalue weighted by Gasteiger charge is -2.35. The molecule has 6 heteroatoms. The Morgan fingerprint density at radius 3 is 2.15 bits per heavy atom. The van der Waals surface area contributed by atoms with E-state index in [1.807, 2.05) is 31.9 Å². The first-order valence-electron chi connectivity index (χ1n) is 9.27. The van der Waals surface area contributed by atoms with Crippen LogP contribution >= 0.6 is 0 Å². The van der Waals surface area contributed by atoms with E-state index in [1.54, 1.807) is 14.2 Å². The number of hydrogen-bond donors (Lipinski definition) is 0. The Hall–Kier alpha value is -1.79. The second-order valence-electron chi connectivity index (χ2n) is 7.28. The first kappa shape index (κ1) is 20.5. The van der Waals surface area contributed by atoms with E-state index in [0.717, 1.165) is 44.2 Å². The second kappa shape index (κ2) is 9.24. The zero-order valence-corrected chi connectivity index (χ0v) is 17.0. The van der Waals surface area contributed by atoms with Gasteiger partial charge in [0.25, 0.3) is 0 Å². The first-order valence-corrected chi connectivity index (χ1v) is 9.27. The molecule has 1 heterocycles. The highest BCUT2D eigenvalue weighted by Gasteiger charge is 2.22. The molecular weight excluding hydrogens is 330 g/mol. The third kappa shape index (κ3) is 5.11. The van der Waals surface area contributed by atoms with Crippen LogP contribution in [0.5, 0.6) is 11.5 Å². The summed E-state index contributed by atoms with van der Waals surface area (Å²) in [5.74, 6) is 1.74. The Balaban J connectivity index is 1.90. The fourth-order valence-electron chi connectivity index (χ4n) is 3.13. The lowest BCUT2D eigenvalue weighted by Crippen LogP contribution is -2.50. The minimum absolute atomic E-state index is 0.198. The predicted molar refractivity (Wildman–Crippen MR) is 104 cm³/mol. The van der Waals surface area contributed by atoms with Crippen LogP contribution in [-0.4, -0.2) is 80.6 Å². The van der Waals surface area contributed by atoms with Gasteiger partial charge in [-0.3, -0.25) is 14.6 Å². The van der Waals surface area contributed by atoms with Crippen LogP contribution in [0.2, 0.25) is 0 Å². The molecule has 1 fully saturated rings. The van der Waals surface area contributed by atoms with Crippen molar-refractivity contribution in [3.05, 3.63) is 23.3 Å². The molecule has 0 N–H and O–H groups in total. The average Bonchev–Trinajstić information content (AvgIpc) is 2.63. The molecule has 2 rings (SSSR count). The number of aryl methyl sites for hydroxylation is 1. The molecule has 146 valence electrons. The van der Waals surface area contributed by atoms with Gasteiger partial charge >= 0.3 is 0 Å². The molecule has 0 radical (unpaired) electrons. The van der Waals surface area contributed by atoms with Crippen molar-refractivity contribution in [1.29, 1.82) is 0 Å². The SMILES string of the molecule is COc1cc(C)c(CN2CCN(CC(=O)N(C)C(C)C)CC2)cc1OC. The van der Waals surface area contributed by atoms with Gasteiger partial charge in [0.05, 0.1) is 20.8 Å². The van der Waals surface area contributed by atoms with Crippen LogP contribution in [0.25, 0.3) is 0 Å². The van der Waals surface area contributed by atoms with Crippen LogP contribution in [0.15, 0.2) is 12.1 Å². The van der Waals surface area contributed by atoms with Gasteiger partial charge in [0.1, 0.15) is 0 Å². The van der Waals surface area contributed by atoms with Gasteiger partial charge in [0, 0.05) is 45.8 Å². The highest BCUT2D eigenvalue weighted by molar-refractivity contribution is 5.78. The molecule has 1 saturated heterocycles. The van der Waals surface area contributed by atoms with E-state index < -0.39 is 0 Å². The van der Waals surface area contributed by atoms with E-state index in [9.17, 15) is 4.79 Å². The van der Waals surface area contributed by atoms with E-state index in [1.165, 1.54) is 11.1 Å². The molecule has 1 aliphatic heterocycles. The minimum atomic E-state index is 0.198. The number of rotatable bonds is 7. The van der Waals surface area contributed by atoms with Crippen molar-refractivity contribution < 1.29 is 14.3 Å². The van der Waals surface area contributed by atoms with Gasteiger partial charge < -0.3 is 14.4 Å². The molecule has 0 saturated carbocycles. The lowest BCUT2D eigenvalue weighted by atomic mass is 10.1. The summed E-state index contributed by atoms with van der Waals surface area (Å²) < 4.78 is 10.8. The number of piperazine rings is 1. The first-order chi connectivity index (χ1) is 12.3. The van der Waals surface area contributed by atoms with Crippen LogP contribution in [0.1, 0.15) is 25.0 Å². The topological polar surface area (TPSA) is 45.2 Å². The van der Waals surface area contributed by atoms with Gasteiger partial charge in [-0.25, -0.2) is 0 Å². The molecule has 0 bridgehead atoms. The van der Waals surface area contributed by atoms with Crippen molar-refractivity contribution in [2.75, 3.05) is 54.0 Å². The summed E-state index contributed by atoms with van der Waals surface area (Å²) in [7, 11) is 5.21. The number of nitrogens with zero attached hydrogens (tertiary/aromatic N) is 3. The molecule has 26 heavy (non-hydrogen) atoms. The fraction of sp³-hybridized carbons (Fsp3) is 0.650. The molecule has 0 aliphatic carbocycles. The third-order valence-corrected chi connectivity index (χ3v) is 5.23. The van der Waals surface area contributed by atoms with E-state index in [2.05, 4.69) is 22.8 Å². The Kier molecular flexibility index (Phi) is 7.29. The van der Waals surface area contributed by atoms with Crippen LogP contribution in [0.3, 0.4) is 0 Å². The predicted octanol–water partition coefficient (Wildman–Crippen LogP) is 2.00. The summed E-state index contributed by atoms with van der Waals surface area (Å²) in [5, 5.41) is 0. The van der Waals surface area contributed by atoms with Gasteiger partial charge in [-0.1, -0.05) is 0 Å². The van der Waals surface area contributed by atoms with E-state index in [-0.39, 0.29) is 11.9 Å². The maximum atomic E-state index is 12.2. The van der Waals surface area contributed by atoms with Gasteiger partial charge in [0.15, 0.2) is 11.5 Å². The molecule has 1 aromatic rings. The Labute approximate surface area is 157 Å². The van der Waals surface area contributed by atoms with Crippen LogP contribution in [-0.2, 0) is 11.3 Å². The zero-order chi connectivity index (χ0) is 19.3. The smallest absolute Gasteiger partial charge is 0.236 e. The summed E-state index contributed by atoms with van der Waals surface area (Å²) in [6.45, 7) is 11.4. The summed E-state index contributed by atoms with van der Waals surface area (Å²) >= 11 is 0. The number of amides is 1. The van der Waals surface area contributed by atoms with Crippen molar-refractivity contribution in [1.82, 2.24) is 14.7 Å². The maximum Gasteiger partial charge on any atom is 0.236 e. The number of benzene rings is 1. The van der Waals surface area contributed by atoms with Gasteiger partial charge in [-0.05, 0) is 44.0 Å². The highest BCUT2D eigenvalue weighted by atomic mass is 16.5. The van der Waals surface area contributed by atoms with Gasteiger partial charge in [-0.15, -0.1) is 0 Å². The average molecular weight is 364 g/mol. The zero-order valence-electron chi connectivity index (χ0n) is 17.0. The van der Waals surface area contributed by atoms with Crippen molar-refractivity contribution in [2.45, 2.75) is 33.4 Å². The van der Waals surface area contributed by atoms with Crippen molar-refractivity contribution >= 4 is 5.91 Å². The number of carbonyl (C=O) groups excluding carboxylic acids is 1. The number of hydrogen-bond acceptors (Lipinski definition) is 5. The number of ether oxygens (including phenoxy) is 2. The van der Waals surface area contributed by atoms with Crippen molar-refractivity contribution in [3.8, 4) is 11.5 Å². The monoisotopic (exact) mass is 363 g/mol. The molecule has 0 spiro atoms. The summed E-state index contributed by atoms with van der Waals surface area (Å²) in [5.41, 5.74) is 2.46. The Morgan fingerprint density at radius 1 is 1.08 bits per heavy atom. The van der Waals surface area contributed by atoms with Gasteiger partial charge in [0.2, 0.25) is 5.91 Å². The normalized spacial score (nSPS) is 16.0. The maximum absolute atomic E-state index is 12.2.